The number of hydrogen-bond acceptors (Lipinski definition) is 3. The van der Waals surface area contributed by atoms with Gasteiger partial charge < -0.3 is 0 Å². The predicted octanol–water partition coefficient (Wildman–Crippen LogP) is 1.18. The Kier molecular flexibility index (Phi) is 4.46. The van der Waals surface area contributed by atoms with E-state index in [4.69, 9.17) is 0 Å². The maximum Gasteiger partial charge on any atom is 0.328 e. The number of carbonyl (C=O) groups is 3. The minimum Gasteiger partial charge on any atom is -0.277 e. The zero-order valence-corrected chi connectivity index (χ0v) is 9.71. The number of nitrogens with one attached hydrogen (secondary N) is 2. The number of unbranched alkanes of at least 4 members (excludes halogenated alkanes) is 2. The van der Waals surface area contributed by atoms with Crippen LogP contribution in [0.3, 0.4) is 0 Å². The van der Waals surface area contributed by atoms with Crippen LogP contribution in [0.1, 0.15) is 39.5 Å². The van der Waals surface area contributed by atoms with E-state index in [9.17, 15) is 14.4 Å². The summed E-state index contributed by atoms with van der Waals surface area (Å²) in [5.74, 6) is -1.70. The number of hydrogen-bond donors (Lipinski definition) is 2. The molecule has 0 saturated carbocycles. The molecule has 0 unspecified atom stereocenters. The molecule has 0 aromatic rings. The molecule has 1 heterocycles. The monoisotopic (exact) mass is 226 g/mol. The van der Waals surface area contributed by atoms with E-state index in [2.05, 4.69) is 17.6 Å². The standard InChI is InChI=1S/C11H18N2O3/c1-3-4-5-6-7(2)8-9(14)12-11(16)13-10(8)15/h7-8H,3-6H2,1-2H3,(H2,12,13,14,15,16)/t7-/m0/s1. The smallest absolute Gasteiger partial charge is 0.277 e. The molecular weight excluding hydrogens is 208 g/mol. The Morgan fingerprint density at radius 2 is 1.69 bits per heavy atom. The number of urea groups is 1. The second-order valence-electron chi connectivity index (χ2n) is 4.26. The molecule has 1 atom stereocenters. The molecule has 2 N–H and O–H groups in total. The third-order valence-electron chi connectivity index (χ3n) is 2.87. The first kappa shape index (κ1) is 12.7. The van der Waals surface area contributed by atoms with Crippen LogP contribution in [-0.4, -0.2) is 17.8 Å². The summed E-state index contributed by atoms with van der Waals surface area (Å²) in [6.07, 6.45) is 4.03. The molecule has 1 rings (SSSR count). The molecule has 16 heavy (non-hydrogen) atoms. The van der Waals surface area contributed by atoms with Crippen molar-refractivity contribution < 1.29 is 14.4 Å². The van der Waals surface area contributed by atoms with Crippen molar-refractivity contribution in [1.29, 1.82) is 0 Å². The van der Waals surface area contributed by atoms with Crippen molar-refractivity contribution in [2.75, 3.05) is 0 Å². The average Bonchev–Trinajstić information content (AvgIpc) is 2.16. The minimum atomic E-state index is -0.727. The summed E-state index contributed by atoms with van der Waals surface area (Å²) in [6.45, 7) is 3.97. The summed E-state index contributed by atoms with van der Waals surface area (Å²) >= 11 is 0. The Labute approximate surface area is 95.0 Å². The van der Waals surface area contributed by atoms with E-state index in [1.54, 1.807) is 0 Å². The normalized spacial score (nSPS) is 19.2. The first-order valence-corrected chi connectivity index (χ1v) is 5.72. The summed E-state index contributed by atoms with van der Waals surface area (Å²) in [5, 5.41) is 4.24. The first-order valence-electron chi connectivity index (χ1n) is 5.72. The zero-order valence-electron chi connectivity index (χ0n) is 9.71. The molecule has 90 valence electrons. The lowest BCUT2D eigenvalue weighted by Gasteiger charge is -2.25. The Bertz CT molecular complexity index is 282. The second-order valence-corrected chi connectivity index (χ2v) is 4.26. The van der Waals surface area contributed by atoms with Crippen molar-refractivity contribution in [2.24, 2.45) is 11.8 Å². The lowest BCUT2D eigenvalue weighted by molar-refractivity contribution is -0.138. The van der Waals surface area contributed by atoms with Crippen molar-refractivity contribution in [2.45, 2.75) is 39.5 Å². The molecular formula is C11H18N2O3. The van der Waals surface area contributed by atoms with Crippen LogP contribution in [0.4, 0.5) is 4.79 Å². The van der Waals surface area contributed by atoms with Gasteiger partial charge in [0, 0.05) is 0 Å². The quantitative estimate of drug-likeness (QED) is 0.546. The fourth-order valence-corrected chi connectivity index (χ4v) is 1.93. The van der Waals surface area contributed by atoms with Gasteiger partial charge in [-0.3, -0.25) is 20.2 Å². The highest BCUT2D eigenvalue weighted by atomic mass is 16.2. The fourth-order valence-electron chi connectivity index (χ4n) is 1.93. The first-order chi connectivity index (χ1) is 7.56. The molecule has 0 spiro atoms. The molecule has 0 aromatic carbocycles. The lowest BCUT2D eigenvalue weighted by atomic mass is 9.87. The van der Waals surface area contributed by atoms with Gasteiger partial charge in [0.1, 0.15) is 5.92 Å². The van der Waals surface area contributed by atoms with Gasteiger partial charge in [-0.1, -0.05) is 33.1 Å². The Morgan fingerprint density at radius 3 is 2.19 bits per heavy atom. The zero-order chi connectivity index (χ0) is 12.1. The fraction of sp³-hybridized carbons (Fsp3) is 0.727. The predicted molar refractivity (Wildman–Crippen MR) is 58.5 cm³/mol. The van der Waals surface area contributed by atoms with Crippen LogP contribution in [-0.2, 0) is 9.59 Å². The molecule has 1 aliphatic heterocycles. The van der Waals surface area contributed by atoms with Gasteiger partial charge in [0.15, 0.2) is 0 Å². The van der Waals surface area contributed by atoms with Crippen LogP contribution in [0.2, 0.25) is 0 Å². The summed E-state index contributed by atoms with van der Waals surface area (Å²) in [6, 6.07) is -0.716. The minimum absolute atomic E-state index is 0.0281. The van der Waals surface area contributed by atoms with Gasteiger partial charge in [0.05, 0.1) is 0 Å². The highest BCUT2D eigenvalue weighted by Crippen LogP contribution is 2.20. The molecule has 1 fully saturated rings. The number of imide groups is 2. The van der Waals surface area contributed by atoms with Crippen LogP contribution in [0.25, 0.3) is 0 Å². The van der Waals surface area contributed by atoms with Crippen LogP contribution >= 0.6 is 0 Å². The summed E-state index contributed by atoms with van der Waals surface area (Å²) in [7, 11) is 0. The molecule has 1 aliphatic rings. The summed E-state index contributed by atoms with van der Waals surface area (Å²) in [5.41, 5.74) is 0. The molecule has 0 radical (unpaired) electrons. The Morgan fingerprint density at radius 1 is 1.12 bits per heavy atom. The van der Waals surface area contributed by atoms with Crippen molar-refractivity contribution in [3.63, 3.8) is 0 Å². The van der Waals surface area contributed by atoms with Gasteiger partial charge in [-0.2, -0.15) is 0 Å². The Hall–Kier alpha value is -1.39. The van der Waals surface area contributed by atoms with Gasteiger partial charge in [0.2, 0.25) is 11.8 Å². The molecule has 4 amide bonds. The molecule has 5 heteroatoms. The molecule has 1 saturated heterocycles. The maximum atomic E-state index is 11.5. The molecule has 0 aliphatic carbocycles. The van der Waals surface area contributed by atoms with Gasteiger partial charge in [0.25, 0.3) is 0 Å². The topological polar surface area (TPSA) is 75.3 Å². The van der Waals surface area contributed by atoms with Crippen molar-refractivity contribution in [3.8, 4) is 0 Å². The van der Waals surface area contributed by atoms with E-state index in [0.717, 1.165) is 25.7 Å². The van der Waals surface area contributed by atoms with Crippen molar-refractivity contribution >= 4 is 17.8 Å². The van der Waals surface area contributed by atoms with E-state index in [1.807, 2.05) is 6.92 Å². The second kappa shape index (κ2) is 5.63. The lowest BCUT2D eigenvalue weighted by Crippen LogP contribution is -2.57. The van der Waals surface area contributed by atoms with E-state index in [-0.39, 0.29) is 5.92 Å². The highest BCUT2D eigenvalue weighted by Gasteiger charge is 2.37. The van der Waals surface area contributed by atoms with Crippen LogP contribution < -0.4 is 10.6 Å². The van der Waals surface area contributed by atoms with Gasteiger partial charge in [-0.15, -0.1) is 0 Å². The molecule has 0 aromatic heterocycles. The largest absolute Gasteiger partial charge is 0.328 e. The molecule has 5 nitrogen and oxygen atoms in total. The van der Waals surface area contributed by atoms with E-state index in [0.29, 0.717) is 0 Å². The number of rotatable bonds is 5. The van der Waals surface area contributed by atoms with Gasteiger partial charge >= 0.3 is 6.03 Å². The van der Waals surface area contributed by atoms with Crippen LogP contribution in [0, 0.1) is 11.8 Å². The number of carbonyl (C=O) groups excluding carboxylic acids is 3. The highest BCUT2D eigenvalue weighted by molar-refractivity contribution is 6.16. The summed E-state index contributed by atoms with van der Waals surface area (Å²) in [4.78, 5) is 33.8. The molecule has 0 bridgehead atoms. The number of amides is 4. The number of barbiturate groups is 1. The average molecular weight is 226 g/mol. The van der Waals surface area contributed by atoms with Gasteiger partial charge in [-0.05, 0) is 12.3 Å². The third kappa shape index (κ3) is 3.05. The summed E-state index contributed by atoms with van der Waals surface area (Å²) < 4.78 is 0. The van der Waals surface area contributed by atoms with E-state index >= 15 is 0 Å². The van der Waals surface area contributed by atoms with Gasteiger partial charge in [-0.25, -0.2) is 4.79 Å². The Balaban J connectivity index is 2.53. The van der Waals surface area contributed by atoms with E-state index in [1.165, 1.54) is 0 Å². The maximum absolute atomic E-state index is 11.5. The van der Waals surface area contributed by atoms with Crippen LogP contribution in [0.5, 0.6) is 0 Å². The van der Waals surface area contributed by atoms with Crippen LogP contribution in [0.15, 0.2) is 0 Å². The van der Waals surface area contributed by atoms with E-state index < -0.39 is 23.8 Å². The SMILES string of the molecule is CCCCC[C@H](C)C1C(=O)NC(=O)NC1=O. The van der Waals surface area contributed by atoms with Crippen molar-refractivity contribution in [3.05, 3.63) is 0 Å². The third-order valence-corrected chi connectivity index (χ3v) is 2.87. The van der Waals surface area contributed by atoms with Crippen molar-refractivity contribution in [1.82, 2.24) is 10.6 Å².